The van der Waals surface area contributed by atoms with Crippen molar-refractivity contribution in [3.63, 3.8) is 0 Å². The van der Waals surface area contributed by atoms with Crippen LogP contribution in [0.15, 0.2) is 14.9 Å². The number of primary amides is 1. The number of aliphatic hydroxyl groups excluding tert-OH is 1. The van der Waals surface area contributed by atoms with E-state index in [0.717, 1.165) is 27.9 Å². The molecule has 29 heavy (non-hydrogen) atoms. The third kappa shape index (κ3) is 3.35. The standard InChI is InChI=1S/C18H22N4O5S2/c1-7-13-12(8(2)23)16(25)22(13)14(17(26)27)15(7)29-18-20-9-5-21(6-11(19)24)4-3-10(9)28-18/h7-8,12-13,23H,3-6H2,1-2H3,(H2,19,24)(H,26,27). The number of aromatic nitrogens is 1. The zero-order chi connectivity index (χ0) is 21.0. The summed E-state index contributed by atoms with van der Waals surface area (Å²) in [5.41, 5.74) is 6.16. The lowest BCUT2D eigenvalue weighted by Gasteiger charge is -2.46. The lowest BCUT2D eigenvalue weighted by Crippen LogP contribution is -2.63. The van der Waals surface area contributed by atoms with Crippen LogP contribution in [0.25, 0.3) is 0 Å². The second kappa shape index (κ2) is 7.38. The number of nitrogens with zero attached hydrogens (tertiary/aromatic N) is 3. The Morgan fingerprint density at radius 3 is 2.79 bits per heavy atom. The highest BCUT2D eigenvalue weighted by atomic mass is 32.2. The number of thioether (sulfide) groups is 1. The first-order chi connectivity index (χ1) is 13.7. The first kappa shape index (κ1) is 20.3. The van der Waals surface area contributed by atoms with Crippen LogP contribution in [0.4, 0.5) is 0 Å². The van der Waals surface area contributed by atoms with E-state index in [9.17, 15) is 24.6 Å². The van der Waals surface area contributed by atoms with Crippen molar-refractivity contribution >= 4 is 40.9 Å². The summed E-state index contributed by atoms with van der Waals surface area (Å²) < 4.78 is 0.722. The molecule has 1 aromatic heterocycles. The molecule has 0 bridgehead atoms. The van der Waals surface area contributed by atoms with Crippen LogP contribution < -0.4 is 5.73 Å². The Labute approximate surface area is 175 Å². The third-order valence-electron chi connectivity index (χ3n) is 5.67. The van der Waals surface area contributed by atoms with Crippen LogP contribution >= 0.6 is 23.1 Å². The maximum atomic E-state index is 12.4. The van der Waals surface area contributed by atoms with Gasteiger partial charge in [0.2, 0.25) is 11.8 Å². The Bertz CT molecular complexity index is 927. The molecule has 3 aliphatic heterocycles. The molecule has 4 N–H and O–H groups in total. The minimum absolute atomic E-state index is 0.00192. The number of carboxylic acids is 1. The maximum absolute atomic E-state index is 12.4. The summed E-state index contributed by atoms with van der Waals surface area (Å²) in [5.74, 6) is -2.64. The minimum Gasteiger partial charge on any atom is -0.477 e. The Kier molecular flexibility index (Phi) is 5.18. The number of carbonyl (C=O) groups excluding carboxylic acids is 2. The number of nitrogens with two attached hydrogens (primary N) is 1. The minimum atomic E-state index is -1.15. The smallest absolute Gasteiger partial charge is 0.353 e. The molecule has 1 saturated heterocycles. The van der Waals surface area contributed by atoms with Crippen molar-refractivity contribution in [3.05, 3.63) is 21.2 Å². The van der Waals surface area contributed by atoms with Crippen molar-refractivity contribution in [2.45, 2.75) is 43.3 Å². The van der Waals surface area contributed by atoms with Gasteiger partial charge in [0.1, 0.15) is 5.70 Å². The molecule has 4 heterocycles. The number of hydrogen-bond donors (Lipinski definition) is 3. The van der Waals surface area contributed by atoms with E-state index in [1.165, 1.54) is 28.0 Å². The molecule has 156 valence electrons. The first-order valence-electron chi connectivity index (χ1n) is 9.34. The monoisotopic (exact) mass is 438 g/mol. The van der Waals surface area contributed by atoms with Gasteiger partial charge in [-0.2, -0.15) is 0 Å². The zero-order valence-electron chi connectivity index (χ0n) is 16.0. The second-order valence-corrected chi connectivity index (χ2v) is 10.0. The molecule has 3 aliphatic rings. The fourth-order valence-corrected chi connectivity index (χ4v) is 6.86. The summed E-state index contributed by atoms with van der Waals surface area (Å²) >= 11 is 2.81. The summed E-state index contributed by atoms with van der Waals surface area (Å²) in [6, 6.07) is -0.336. The van der Waals surface area contributed by atoms with Gasteiger partial charge in [0.15, 0.2) is 4.34 Å². The molecule has 4 rings (SSSR count). The number of aliphatic carboxylic acids is 1. The molecule has 0 aromatic carbocycles. The van der Waals surface area contributed by atoms with Gasteiger partial charge in [0.25, 0.3) is 0 Å². The molecule has 0 spiro atoms. The molecule has 4 unspecified atom stereocenters. The lowest BCUT2D eigenvalue weighted by atomic mass is 9.79. The quantitative estimate of drug-likeness (QED) is 0.537. The van der Waals surface area contributed by atoms with Crippen molar-refractivity contribution in [1.82, 2.24) is 14.8 Å². The van der Waals surface area contributed by atoms with Gasteiger partial charge >= 0.3 is 5.97 Å². The SMILES string of the molecule is CC(O)C1C(=O)N2C(C(=O)O)=C(Sc3nc4c(s3)CCN(CC(N)=O)C4)C(C)C12. The molecule has 4 atom stereocenters. The van der Waals surface area contributed by atoms with Gasteiger partial charge < -0.3 is 20.8 Å². The number of fused-ring (bicyclic) bond motifs is 2. The van der Waals surface area contributed by atoms with E-state index in [2.05, 4.69) is 4.98 Å². The van der Waals surface area contributed by atoms with Crippen molar-refractivity contribution in [2.24, 2.45) is 17.6 Å². The van der Waals surface area contributed by atoms with Gasteiger partial charge in [0, 0.05) is 28.8 Å². The number of carbonyl (C=O) groups is 3. The van der Waals surface area contributed by atoms with E-state index in [4.69, 9.17) is 5.73 Å². The Morgan fingerprint density at radius 2 is 2.17 bits per heavy atom. The fourth-order valence-electron chi connectivity index (χ4n) is 4.38. The molecule has 11 heteroatoms. The van der Waals surface area contributed by atoms with Crippen LogP contribution in [0.1, 0.15) is 24.4 Å². The average molecular weight is 439 g/mol. The molecule has 1 aromatic rings. The number of hydrogen-bond acceptors (Lipinski definition) is 8. The van der Waals surface area contributed by atoms with Crippen LogP contribution in [0.3, 0.4) is 0 Å². The van der Waals surface area contributed by atoms with Crippen molar-refractivity contribution < 1.29 is 24.6 Å². The molecule has 2 amide bonds. The Morgan fingerprint density at radius 1 is 1.45 bits per heavy atom. The Hall–Kier alpha value is -1.95. The van der Waals surface area contributed by atoms with E-state index in [1.807, 2.05) is 11.8 Å². The lowest BCUT2D eigenvalue weighted by molar-refractivity contribution is -0.163. The third-order valence-corrected chi connectivity index (χ3v) is 8.18. The van der Waals surface area contributed by atoms with Gasteiger partial charge in [-0.25, -0.2) is 9.78 Å². The van der Waals surface area contributed by atoms with Crippen molar-refractivity contribution in [3.8, 4) is 0 Å². The number of thiazole rings is 1. The van der Waals surface area contributed by atoms with Gasteiger partial charge in [-0.1, -0.05) is 18.7 Å². The summed E-state index contributed by atoms with van der Waals surface area (Å²) in [5, 5.41) is 19.7. The number of carboxylic acid groups (broad SMARTS) is 1. The number of β-lactam (4-membered cyclic amide) rings is 1. The zero-order valence-corrected chi connectivity index (χ0v) is 17.6. The van der Waals surface area contributed by atoms with Crippen LogP contribution in [-0.4, -0.2) is 68.0 Å². The van der Waals surface area contributed by atoms with Crippen molar-refractivity contribution in [1.29, 1.82) is 0 Å². The van der Waals surface area contributed by atoms with E-state index < -0.39 is 18.0 Å². The normalized spacial score (nSPS) is 27.5. The highest BCUT2D eigenvalue weighted by Gasteiger charge is 2.60. The largest absolute Gasteiger partial charge is 0.477 e. The predicted molar refractivity (Wildman–Crippen MR) is 106 cm³/mol. The molecule has 9 nitrogen and oxygen atoms in total. The molecule has 0 saturated carbocycles. The molecule has 1 fully saturated rings. The van der Waals surface area contributed by atoms with Gasteiger partial charge in [-0.05, 0) is 13.3 Å². The van der Waals surface area contributed by atoms with Crippen LogP contribution in [0, 0.1) is 11.8 Å². The molecule has 0 aliphatic carbocycles. The predicted octanol–water partition coefficient (Wildman–Crippen LogP) is 0.232. The van der Waals surface area contributed by atoms with Gasteiger partial charge in [0.05, 0.1) is 30.3 Å². The van der Waals surface area contributed by atoms with E-state index in [-0.39, 0.29) is 36.0 Å². The fraction of sp³-hybridized carbons (Fsp3) is 0.556. The number of aliphatic hydroxyl groups is 1. The number of rotatable bonds is 6. The highest BCUT2D eigenvalue weighted by Crippen LogP contribution is 2.52. The summed E-state index contributed by atoms with van der Waals surface area (Å²) in [6.45, 7) is 4.89. The number of amides is 2. The second-order valence-electron chi connectivity index (χ2n) is 7.65. The first-order valence-corrected chi connectivity index (χ1v) is 11.0. The van der Waals surface area contributed by atoms with E-state index in [1.54, 1.807) is 6.92 Å². The maximum Gasteiger partial charge on any atom is 0.353 e. The Balaban J connectivity index is 1.58. The van der Waals surface area contributed by atoms with Crippen LogP contribution in [0.2, 0.25) is 0 Å². The average Bonchev–Trinajstić information content (AvgIpc) is 3.11. The summed E-state index contributed by atoms with van der Waals surface area (Å²) in [7, 11) is 0. The van der Waals surface area contributed by atoms with Crippen LogP contribution in [0.5, 0.6) is 0 Å². The molecular weight excluding hydrogens is 416 g/mol. The molecule has 0 radical (unpaired) electrons. The van der Waals surface area contributed by atoms with E-state index in [0.29, 0.717) is 11.4 Å². The van der Waals surface area contributed by atoms with Gasteiger partial charge in [-0.3, -0.25) is 14.5 Å². The van der Waals surface area contributed by atoms with Gasteiger partial charge in [-0.15, -0.1) is 11.3 Å². The summed E-state index contributed by atoms with van der Waals surface area (Å²) in [6.07, 6.45) is -0.0625. The summed E-state index contributed by atoms with van der Waals surface area (Å²) in [4.78, 5) is 45.1. The highest BCUT2D eigenvalue weighted by molar-refractivity contribution is 8.04. The van der Waals surface area contributed by atoms with Crippen molar-refractivity contribution in [2.75, 3.05) is 13.1 Å². The van der Waals surface area contributed by atoms with E-state index >= 15 is 0 Å². The molecular formula is C18H22N4O5S2. The topological polar surface area (TPSA) is 137 Å². The van der Waals surface area contributed by atoms with Crippen LogP contribution in [-0.2, 0) is 27.3 Å².